The van der Waals surface area contributed by atoms with Crippen LogP contribution in [0.3, 0.4) is 0 Å². The Labute approximate surface area is 105 Å². The van der Waals surface area contributed by atoms with E-state index < -0.39 is 6.04 Å². The van der Waals surface area contributed by atoms with Crippen LogP contribution in [0.1, 0.15) is 17.3 Å². The van der Waals surface area contributed by atoms with Crippen LogP contribution in [0.4, 0.5) is 0 Å². The Bertz CT molecular complexity index is 519. The van der Waals surface area contributed by atoms with E-state index in [1.165, 1.54) is 6.33 Å². The second kappa shape index (κ2) is 5.88. The van der Waals surface area contributed by atoms with Gasteiger partial charge in [0.15, 0.2) is 6.29 Å². The van der Waals surface area contributed by atoms with Crippen molar-refractivity contribution in [2.45, 2.75) is 12.6 Å². The molecule has 0 aliphatic carbocycles. The summed E-state index contributed by atoms with van der Waals surface area (Å²) in [5, 5.41) is 0. The van der Waals surface area contributed by atoms with E-state index >= 15 is 0 Å². The standard InChI is InChI=1S/C13H14N4O/c14-13(11-7-15-9-17-11)12(8-18)16-6-10-4-2-1-3-5-10/h1-5,7-9,13H,6,14H2,(H,15,17). The number of nitrogens with one attached hydrogen (secondary N) is 1. The Kier molecular flexibility index (Phi) is 3.98. The number of hydrogen-bond acceptors (Lipinski definition) is 4. The molecule has 18 heavy (non-hydrogen) atoms. The minimum absolute atomic E-state index is 0.308. The summed E-state index contributed by atoms with van der Waals surface area (Å²) in [6.07, 6.45) is 3.80. The third-order valence-electron chi connectivity index (χ3n) is 2.58. The molecule has 3 N–H and O–H groups in total. The van der Waals surface area contributed by atoms with E-state index in [0.717, 1.165) is 5.56 Å². The van der Waals surface area contributed by atoms with Crippen LogP contribution in [-0.4, -0.2) is 22.0 Å². The molecule has 1 aromatic carbocycles. The summed E-state index contributed by atoms with van der Waals surface area (Å²) in [5.41, 5.74) is 7.94. The molecule has 1 atom stereocenters. The number of aliphatic imine (C=N–C) groups is 1. The zero-order chi connectivity index (χ0) is 12.8. The molecule has 1 unspecified atom stereocenters. The minimum atomic E-state index is -0.561. The zero-order valence-electron chi connectivity index (χ0n) is 9.78. The number of rotatable bonds is 5. The van der Waals surface area contributed by atoms with Gasteiger partial charge in [0, 0.05) is 6.20 Å². The topological polar surface area (TPSA) is 84.1 Å². The molecule has 0 amide bonds. The number of aromatic nitrogens is 2. The molecule has 0 fully saturated rings. The summed E-state index contributed by atoms with van der Waals surface area (Å²) in [7, 11) is 0. The zero-order valence-corrected chi connectivity index (χ0v) is 9.78. The van der Waals surface area contributed by atoms with Crippen molar-refractivity contribution < 1.29 is 4.79 Å². The lowest BCUT2D eigenvalue weighted by Gasteiger charge is -2.08. The van der Waals surface area contributed by atoms with Gasteiger partial charge in [-0.15, -0.1) is 0 Å². The average molecular weight is 242 g/mol. The van der Waals surface area contributed by atoms with Gasteiger partial charge in [0.25, 0.3) is 0 Å². The van der Waals surface area contributed by atoms with E-state index in [-0.39, 0.29) is 0 Å². The molecule has 2 rings (SSSR count). The van der Waals surface area contributed by atoms with Gasteiger partial charge in [0.1, 0.15) is 0 Å². The normalized spacial score (nSPS) is 13.3. The molecule has 5 nitrogen and oxygen atoms in total. The Morgan fingerprint density at radius 2 is 2.22 bits per heavy atom. The van der Waals surface area contributed by atoms with Crippen LogP contribution in [-0.2, 0) is 11.3 Å². The lowest BCUT2D eigenvalue weighted by atomic mass is 10.1. The minimum Gasteiger partial charge on any atom is -0.347 e. The predicted octanol–water partition coefficient (Wildman–Crippen LogP) is 1.25. The second-order valence-electron chi connectivity index (χ2n) is 3.83. The molecule has 0 spiro atoms. The number of carbonyl (C=O) groups excluding carboxylic acids is 1. The summed E-state index contributed by atoms with van der Waals surface area (Å²) in [6, 6.07) is 9.14. The van der Waals surface area contributed by atoms with E-state index in [2.05, 4.69) is 15.0 Å². The fraction of sp³-hybridized carbons (Fsp3) is 0.154. The summed E-state index contributed by atoms with van der Waals surface area (Å²) < 4.78 is 0. The van der Waals surface area contributed by atoms with Gasteiger partial charge < -0.3 is 10.7 Å². The van der Waals surface area contributed by atoms with Gasteiger partial charge in [-0.25, -0.2) is 4.98 Å². The Hall–Kier alpha value is -2.27. The van der Waals surface area contributed by atoms with Crippen molar-refractivity contribution in [1.82, 2.24) is 9.97 Å². The van der Waals surface area contributed by atoms with Gasteiger partial charge in [-0.2, -0.15) is 0 Å². The molecule has 1 aromatic heterocycles. The van der Waals surface area contributed by atoms with Crippen LogP contribution < -0.4 is 5.73 Å². The molecule has 0 saturated carbocycles. The average Bonchev–Trinajstić information content (AvgIpc) is 2.94. The lowest BCUT2D eigenvalue weighted by molar-refractivity contribution is -0.102. The fourth-order valence-electron chi connectivity index (χ4n) is 1.57. The first-order valence-corrected chi connectivity index (χ1v) is 5.58. The summed E-state index contributed by atoms with van der Waals surface area (Å²) in [5.74, 6) is 0. The molecule has 5 heteroatoms. The van der Waals surface area contributed by atoms with Crippen molar-refractivity contribution >= 4 is 12.0 Å². The third kappa shape index (κ3) is 2.89. The Morgan fingerprint density at radius 3 is 2.83 bits per heavy atom. The van der Waals surface area contributed by atoms with Crippen LogP contribution in [0.15, 0.2) is 47.8 Å². The van der Waals surface area contributed by atoms with Gasteiger partial charge in [-0.3, -0.25) is 9.79 Å². The molecule has 92 valence electrons. The van der Waals surface area contributed by atoms with E-state index in [9.17, 15) is 4.79 Å². The lowest BCUT2D eigenvalue weighted by Crippen LogP contribution is -2.23. The van der Waals surface area contributed by atoms with E-state index in [0.29, 0.717) is 24.2 Å². The first-order chi connectivity index (χ1) is 8.81. The highest BCUT2D eigenvalue weighted by atomic mass is 16.1. The van der Waals surface area contributed by atoms with Crippen LogP contribution in [0.2, 0.25) is 0 Å². The second-order valence-corrected chi connectivity index (χ2v) is 3.83. The quantitative estimate of drug-likeness (QED) is 0.611. The van der Waals surface area contributed by atoms with Crippen LogP contribution in [0, 0.1) is 0 Å². The number of H-pyrrole nitrogens is 1. The molecular formula is C13H14N4O. The number of imidazole rings is 1. The van der Waals surface area contributed by atoms with Gasteiger partial charge in [-0.1, -0.05) is 30.3 Å². The van der Waals surface area contributed by atoms with Crippen molar-refractivity contribution in [2.24, 2.45) is 10.7 Å². The van der Waals surface area contributed by atoms with Gasteiger partial charge >= 0.3 is 0 Å². The van der Waals surface area contributed by atoms with Crippen LogP contribution in [0.5, 0.6) is 0 Å². The van der Waals surface area contributed by atoms with Crippen LogP contribution >= 0.6 is 0 Å². The highest BCUT2D eigenvalue weighted by Gasteiger charge is 2.13. The molecule has 0 saturated heterocycles. The summed E-state index contributed by atoms with van der Waals surface area (Å²) in [4.78, 5) is 22.0. The van der Waals surface area contributed by atoms with Gasteiger partial charge in [-0.05, 0) is 5.56 Å². The molecule has 0 radical (unpaired) electrons. The number of aldehydes is 1. The van der Waals surface area contributed by atoms with Crippen molar-refractivity contribution in [2.75, 3.05) is 0 Å². The van der Waals surface area contributed by atoms with Crippen LogP contribution in [0.25, 0.3) is 0 Å². The Balaban J connectivity index is 2.11. The molecule has 0 aliphatic rings. The van der Waals surface area contributed by atoms with Crippen molar-refractivity contribution in [3.8, 4) is 0 Å². The number of nitrogens with two attached hydrogens (primary N) is 1. The summed E-state index contributed by atoms with van der Waals surface area (Å²) in [6.45, 7) is 0.441. The third-order valence-corrected chi connectivity index (χ3v) is 2.58. The first kappa shape index (κ1) is 12.2. The molecule has 1 heterocycles. The monoisotopic (exact) mass is 242 g/mol. The maximum Gasteiger partial charge on any atom is 0.165 e. The molecular weight excluding hydrogens is 228 g/mol. The maximum atomic E-state index is 11.0. The number of carbonyl (C=O) groups is 1. The highest BCUT2D eigenvalue weighted by molar-refractivity contribution is 6.30. The molecule has 0 aliphatic heterocycles. The smallest absolute Gasteiger partial charge is 0.165 e. The molecule has 0 bridgehead atoms. The first-order valence-electron chi connectivity index (χ1n) is 5.58. The van der Waals surface area contributed by atoms with E-state index in [1.807, 2.05) is 30.3 Å². The van der Waals surface area contributed by atoms with E-state index in [4.69, 9.17) is 5.73 Å². The Morgan fingerprint density at radius 1 is 1.44 bits per heavy atom. The van der Waals surface area contributed by atoms with Crippen molar-refractivity contribution in [1.29, 1.82) is 0 Å². The maximum absolute atomic E-state index is 11.0. The number of hydrogen-bond donors (Lipinski definition) is 2. The summed E-state index contributed by atoms with van der Waals surface area (Å²) >= 11 is 0. The number of benzene rings is 1. The predicted molar refractivity (Wildman–Crippen MR) is 69.2 cm³/mol. The fourth-order valence-corrected chi connectivity index (χ4v) is 1.57. The van der Waals surface area contributed by atoms with Gasteiger partial charge in [0.2, 0.25) is 0 Å². The van der Waals surface area contributed by atoms with E-state index in [1.54, 1.807) is 6.20 Å². The van der Waals surface area contributed by atoms with Crippen molar-refractivity contribution in [3.05, 3.63) is 54.1 Å². The SMILES string of the molecule is NC(C(C=O)=NCc1ccccc1)c1cnc[nH]1. The highest BCUT2D eigenvalue weighted by Crippen LogP contribution is 2.08. The largest absolute Gasteiger partial charge is 0.347 e. The van der Waals surface area contributed by atoms with Crippen molar-refractivity contribution in [3.63, 3.8) is 0 Å². The number of nitrogens with zero attached hydrogens (tertiary/aromatic N) is 2. The molecule has 2 aromatic rings. The number of aromatic amines is 1. The van der Waals surface area contributed by atoms with Gasteiger partial charge in [0.05, 0.1) is 30.3 Å².